The molecule has 0 saturated carbocycles. The molecule has 9 heteroatoms. The Balaban J connectivity index is 4.07. The fraction of sp³-hybridized carbons (Fsp3) is 0.596. The van der Waals surface area contributed by atoms with Crippen LogP contribution in [0.2, 0.25) is 0 Å². The van der Waals surface area contributed by atoms with E-state index in [1.165, 1.54) is 57.8 Å². The fourth-order valence-corrected chi connectivity index (χ4v) is 7.14. The molecule has 0 aliphatic heterocycles. The second kappa shape index (κ2) is 52.6. The smallest absolute Gasteiger partial charge is 0.457 e. The van der Waals surface area contributed by atoms with Gasteiger partial charge in [-0.3, -0.25) is 13.8 Å². The molecule has 2 atom stereocenters. The molecule has 2 unspecified atom stereocenters. The average Bonchev–Trinajstić information content (AvgIpc) is 3.31. The van der Waals surface area contributed by atoms with Crippen molar-refractivity contribution in [1.82, 2.24) is 0 Å². The van der Waals surface area contributed by atoms with Crippen LogP contribution in [-0.2, 0) is 27.9 Å². The number of ether oxygens (including phenoxy) is 2. The number of carbonyl (C=O) groups is 1. The number of unbranched alkanes of at least 4 members (excludes halogenated alkanes) is 12. The van der Waals surface area contributed by atoms with Gasteiger partial charge in [0.2, 0.25) is 0 Å². The molecule has 0 aromatic heterocycles. The van der Waals surface area contributed by atoms with Crippen molar-refractivity contribution >= 4 is 13.8 Å². The van der Waals surface area contributed by atoms with Gasteiger partial charge in [0.1, 0.15) is 6.10 Å². The molecule has 3 N–H and O–H groups in total. The number of carbonyl (C=O) groups excluding carboxylic acids is 1. The lowest BCUT2D eigenvalue weighted by atomic mass is 10.1. The van der Waals surface area contributed by atoms with Crippen LogP contribution in [0.5, 0.6) is 0 Å². The Labute approximate surface area is 404 Å². The van der Waals surface area contributed by atoms with Gasteiger partial charge in [0.05, 0.1) is 19.8 Å². The summed E-state index contributed by atoms with van der Waals surface area (Å²) < 4.78 is 33.5. The number of phosphoric acid groups is 1. The molecule has 66 heavy (non-hydrogen) atoms. The Bertz CT molecular complexity index is 1470. The number of allylic oxidation sites excluding steroid dienone is 22. The van der Waals surface area contributed by atoms with E-state index in [9.17, 15) is 14.3 Å². The predicted octanol–water partition coefficient (Wildman–Crippen LogP) is 16.3. The topological polar surface area (TPSA) is 117 Å². The molecule has 0 aliphatic rings. The summed E-state index contributed by atoms with van der Waals surface area (Å²) in [7, 11) is -4.31. The minimum Gasteiger partial charge on any atom is -0.457 e. The minimum atomic E-state index is -4.31. The fourth-order valence-electron chi connectivity index (χ4n) is 6.38. The molecule has 0 rings (SSSR count). The van der Waals surface area contributed by atoms with Crippen molar-refractivity contribution in [3.05, 3.63) is 134 Å². The van der Waals surface area contributed by atoms with Crippen molar-refractivity contribution < 1.29 is 32.8 Å². The second-order valence-corrected chi connectivity index (χ2v) is 17.7. The van der Waals surface area contributed by atoms with Crippen LogP contribution in [0, 0.1) is 0 Å². The zero-order valence-corrected chi connectivity index (χ0v) is 42.5. The van der Waals surface area contributed by atoms with Crippen LogP contribution in [0.15, 0.2) is 134 Å². The van der Waals surface area contributed by atoms with E-state index in [4.69, 9.17) is 24.3 Å². The van der Waals surface area contributed by atoms with Gasteiger partial charge in [-0.15, -0.1) is 0 Å². The van der Waals surface area contributed by atoms with Crippen molar-refractivity contribution in [2.75, 3.05) is 33.0 Å². The molecule has 0 aliphatic carbocycles. The van der Waals surface area contributed by atoms with Gasteiger partial charge in [-0.25, -0.2) is 4.57 Å². The Morgan fingerprint density at radius 3 is 1.20 bits per heavy atom. The summed E-state index contributed by atoms with van der Waals surface area (Å²) in [5.41, 5.74) is 5.39. The first-order chi connectivity index (χ1) is 32.4. The lowest BCUT2D eigenvalue weighted by molar-refractivity contribution is -0.154. The molecular formula is C57H94NO7P. The largest absolute Gasteiger partial charge is 0.472 e. The van der Waals surface area contributed by atoms with Crippen LogP contribution in [0.4, 0.5) is 0 Å². The minimum absolute atomic E-state index is 0.0843. The summed E-state index contributed by atoms with van der Waals surface area (Å²) in [6, 6.07) is 0. The molecule has 0 aromatic carbocycles. The van der Waals surface area contributed by atoms with Gasteiger partial charge in [0.15, 0.2) is 0 Å². The van der Waals surface area contributed by atoms with E-state index in [1.54, 1.807) is 0 Å². The number of nitrogens with two attached hydrogens (primary N) is 1. The van der Waals surface area contributed by atoms with Gasteiger partial charge >= 0.3 is 13.8 Å². The molecule has 0 saturated heterocycles. The molecule has 0 amide bonds. The van der Waals surface area contributed by atoms with Crippen molar-refractivity contribution in [2.45, 2.75) is 187 Å². The SMILES string of the molecule is CC/C=C\C/C=C\C/C=C\C/C=C\C/C=C\C/C=C\CCCCC(=O)OC(COCCCCCCCCCCCC/C=C\C/C=C\C/C=C\C/C=C\C/C=C\CC)COP(=O)(O)OCCN. The molecule has 0 spiro atoms. The average molecular weight is 936 g/mol. The summed E-state index contributed by atoms with van der Waals surface area (Å²) in [5, 5.41) is 0. The molecule has 0 radical (unpaired) electrons. The van der Waals surface area contributed by atoms with E-state index in [1.807, 2.05) is 0 Å². The first-order valence-electron chi connectivity index (χ1n) is 25.7. The number of rotatable bonds is 47. The maximum atomic E-state index is 12.6. The highest BCUT2D eigenvalue weighted by molar-refractivity contribution is 7.47. The van der Waals surface area contributed by atoms with E-state index in [0.717, 1.165) is 96.3 Å². The molecule has 0 fully saturated rings. The third-order valence-electron chi connectivity index (χ3n) is 10.1. The van der Waals surface area contributed by atoms with Gasteiger partial charge in [-0.05, 0) is 109 Å². The number of hydrogen-bond acceptors (Lipinski definition) is 7. The van der Waals surface area contributed by atoms with Gasteiger partial charge in [-0.1, -0.05) is 199 Å². The summed E-state index contributed by atoms with van der Waals surface area (Å²) in [6.45, 7) is 4.59. The monoisotopic (exact) mass is 936 g/mol. The Hall–Kier alpha value is -3.36. The number of hydrogen-bond donors (Lipinski definition) is 2. The highest BCUT2D eigenvalue weighted by atomic mass is 31.2. The molecule has 0 aromatic rings. The van der Waals surface area contributed by atoms with E-state index >= 15 is 0 Å². The van der Waals surface area contributed by atoms with E-state index in [0.29, 0.717) is 13.0 Å². The maximum Gasteiger partial charge on any atom is 0.472 e. The standard InChI is InChI=1S/C57H94NO7P/c1-3-5-7-9-11-13-15-17-19-21-23-25-26-27-28-29-31-33-35-37-39-41-43-45-47-49-52-62-54-56(55-64-66(60,61)63-53-51-58)65-57(59)50-48-46-44-42-40-38-36-34-32-30-24-22-20-18-16-14-12-10-8-6-4-2/h5-8,11-14,17-20,23-25,27-28,30,34,36,40,42,56H,3-4,9-10,15-16,21-22,26,29,31-33,35,37-39,41,43-55,58H2,1-2H3,(H,60,61)/b7-5-,8-6-,13-11-,14-12-,19-17-,20-18-,25-23-,28-27-,30-24-,36-34-,42-40-. The molecule has 374 valence electrons. The van der Waals surface area contributed by atoms with Gasteiger partial charge < -0.3 is 20.1 Å². The summed E-state index contributed by atoms with van der Waals surface area (Å²) in [6.07, 6.45) is 74.9. The molecule has 8 nitrogen and oxygen atoms in total. The lowest BCUT2D eigenvalue weighted by Gasteiger charge is -2.20. The molecular weight excluding hydrogens is 842 g/mol. The van der Waals surface area contributed by atoms with E-state index in [-0.39, 0.29) is 38.8 Å². The van der Waals surface area contributed by atoms with Crippen LogP contribution in [-0.4, -0.2) is 49.9 Å². The molecule has 0 heterocycles. The predicted molar refractivity (Wildman–Crippen MR) is 283 cm³/mol. The Morgan fingerprint density at radius 2 is 0.803 bits per heavy atom. The highest BCUT2D eigenvalue weighted by Crippen LogP contribution is 2.43. The normalized spacial score (nSPS) is 14.4. The second-order valence-electron chi connectivity index (χ2n) is 16.3. The third-order valence-corrected chi connectivity index (χ3v) is 11.0. The first-order valence-corrected chi connectivity index (χ1v) is 27.2. The van der Waals surface area contributed by atoms with Gasteiger partial charge in [0.25, 0.3) is 0 Å². The zero-order chi connectivity index (χ0) is 48.0. The summed E-state index contributed by atoms with van der Waals surface area (Å²) >= 11 is 0. The Kier molecular flexibility index (Phi) is 49.9. The number of phosphoric ester groups is 1. The van der Waals surface area contributed by atoms with Gasteiger partial charge in [-0.2, -0.15) is 0 Å². The highest BCUT2D eigenvalue weighted by Gasteiger charge is 2.25. The zero-order valence-electron chi connectivity index (χ0n) is 41.6. The lowest BCUT2D eigenvalue weighted by Crippen LogP contribution is -2.28. The summed E-state index contributed by atoms with van der Waals surface area (Å²) in [5.74, 6) is -0.379. The van der Waals surface area contributed by atoms with E-state index in [2.05, 4.69) is 148 Å². The van der Waals surface area contributed by atoms with Crippen LogP contribution < -0.4 is 5.73 Å². The van der Waals surface area contributed by atoms with Crippen molar-refractivity contribution in [2.24, 2.45) is 5.73 Å². The molecule has 0 bridgehead atoms. The Morgan fingerprint density at radius 1 is 0.455 bits per heavy atom. The van der Waals surface area contributed by atoms with Crippen molar-refractivity contribution in [3.63, 3.8) is 0 Å². The quantitative estimate of drug-likeness (QED) is 0.0268. The van der Waals surface area contributed by atoms with Crippen LogP contribution in [0.25, 0.3) is 0 Å². The maximum absolute atomic E-state index is 12.6. The van der Waals surface area contributed by atoms with E-state index < -0.39 is 13.9 Å². The van der Waals surface area contributed by atoms with Gasteiger partial charge in [0, 0.05) is 19.6 Å². The van der Waals surface area contributed by atoms with Crippen LogP contribution >= 0.6 is 7.82 Å². The van der Waals surface area contributed by atoms with Crippen LogP contribution in [0.1, 0.15) is 181 Å². The van der Waals surface area contributed by atoms with Crippen molar-refractivity contribution in [3.8, 4) is 0 Å². The number of esters is 1. The third kappa shape index (κ3) is 51.6. The van der Waals surface area contributed by atoms with Crippen LogP contribution in [0.3, 0.4) is 0 Å². The summed E-state index contributed by atoms with van der Waals surface area (Å²) in [4.78, 5) is 22.6. The van der Waals surface area contributed by atoms with Crippen molar-refractivity contribution in [1.29, 1.82) is 0 Å². The first kappa shape index (κ1) is 62.6.